The molecule has 0 spiro atoms. The molecule has 0 unspecified atom stereocenters. The van der Waals surface area contributed by atoms with Gasteiger partial charge < -0.3 is 5.73 Å². The first kappa shape index (κ1) is 12.3. The van der Waals surface area contributed by atoms with E-state index in [1.54, 1.807) is 0 Å². The minimum Gasteiger partial charge on any atom is -0.368 e. The molecule has 0 bridgehead atoms. The van der Waals surface area contributed by atoms with Crippen LogP contribution in [0.15, 0.2) is 60.7 Å². The monoisotopic (exact) mass is 262 g/mol. The van der Waals surface area contributed by atoms with Crippen LogP contribution in [0.3, 0.4) is 0 Å². The zero-order chi connectivity index (χ0) is 13.8. The summed E-state index contributed by atoms with van der Waals surface area (Å²) >= 11 is 0. The normalized spacial score (nSPS) is 10.4. The van der Waals surface area contributed by atoms with Gasteiger partial charge in [0.05, 0.1) is 0 Å². The number of benzene rings is 2. The summed E-state index contributed by atoms with van der Waals surface area (Å²) in [6.45, 7) is 0. The first-order valence-corrected chi connectivity index (χ1v) is 6.41. The minimum absolute atomic E-state index is 0.254. The highest BCUT2D eigenvalue weighted by molar-refractivity contribution is 5.55. The maximum atomic E-state index is 5.79. The number of nitrogens with two attached hydrogens (primary N) is 1. The molecular formula is C16H14N4. The predicted molar refractivity (Wildman–Crippen MR) is 78.9 cm³/mol. The molecule has 0 atom stereocenters. The van der Waals surface area contributed by atoms with Crippen LogP contribution in [0.4, 0.5) is 5.95 Å². The maximum Gasteiger partial charge on any atom is 0.223 e. The summed E-state index contributed by atoms with van der Waals surface area (Å²) in [4.78, 5) is 12.9. The standard InChI is InChI=1S/C16H14N4/c17-16-19-14(11-12-7-3-1-4-8-12)18-15(20-16)13-9-5-2-6-10-13/h1-10H,11H2,(H2,17,18,19,20). The lowest BCUT2D eigenvalue weighted by molar-refractivity contribution is 0.936. The molecule has 4 heteroatoms. The third-order valence-corrected chi connectivity index (χ3v) is 2.94. The van der Waals surface area contributed by atoms with Crippen LogP contribution in [0.1, 0.15) is 11.4 Å². The van der Waals surface area contributed by atoms with E-state index >= 15 is 0 Å². The largest absolute Gasteiger partial charge is 0.368 e. The molecule has 2 N–H and O–H groups in total. The van der Waals surface area contributed by atoms with Crippen LogP contribution in [-0.2, 0) is 6.42 Å². The molecule has 0 saturated heterocycles. The van der Waals surface area contributed by atoms with Crippen molar-refractivity contribution in [3.8, 4) is 11.4 Å². The lowest BCUT2D eigenvalue weighted by atomic mass is 10.1. The van der Waals surface area contributed by atoms with Crippen LogP contribution in [0.25, 0.3) is 11.4 Å². The Bertz CT molecular complexity index is 696. The number of nitrogens with zero attached hydrogens (tertiary/aromatic N) is 3. The topological polar surface area (TPSA) is 64.7 Å². The minimum atomic E-state index is 0.254. The molecule has 20 heavy (non-hydrogen) atoms. The van der Waals surface area contributed by atoms with Gasteiger partial charge in [0.15, 0.2) is 5.82 Å². The van der Waals surface area contributed by atoms with Crippen molar-refractivity contribution in [3.63, 3.8) is 0 Å². The molecule has 1 heterocycles. The first-order valence-electron chi connectivity index (χ1n) is 6.41. The van der Waals surface area contributed by atoms with Gasteiger partial charge in [0.1, 0.15) is 5.82 Å². The van der Waals surface area contributed by atoms with Crippen molar-refractivity contribution in [1.82, 2.24) is 15.0 Å². The first-order chi connectivity index (χ1) is 9.81. The molecule has 0 aliphatic carbocycles. The summed E-state index contributed by atoms with van der Waals surface area (Å²) in [6.07, 6.45) is 0.646. The van der Waals surface area contributed by atoms with Gasteiger partial charge in [-0.2, -0.15) is 9.97 Å². The number of nitrogen functional groups attached to an aromatic ring is 1. The molecule has 3 aromatic rings. The van der Waals surface area contributed by atoms with Crippen molar-refractivity contribution in [1.29, 1.82) is 0 Å². The Morgan fingerprint density at radius 1 is 0.750 bits per heavy atom. The second-order valence-corrected chi connectivity index (χ2v) is 4.46. The quantitative estimate of drug-likeness (QED) is 0.788. The smallest absolute Gasteiger partial charge is 0.223 e. The number of aromatic nitrogens is 3. The lowest BCUT2D eigenvalue weighted by Crippen LogP contribution is -2.05. The fourth-order valence-corrected chi connectivity index (χ4v) is 2.01. The number of hydrogen-bond acceptors (Lipinski definition) is 4. The van der Waals surface area contributed by atoms with Crippen LogP contribution < -0.4 is 5.73 Å². The van der Waals surface area contributed by atoms with Crippen LogP contribution in [-0.4, -0.2) is 15.0 Å². The number of anilines is 1. The number of rotatable bonds is 3. The zero-order valence-corrected chi connectivity index (χ0v) is 10.9. The van der Waals surface area contributed by atoms with Crippen molar-refractivity contribution in [3.05, 3.63) is 72.1 Å². The molecule has 0 radical (unpaired) electrons. The van der Waals surface area contributed by atoms with E-state index in [-0.39, 0.29) is 5.95 Å². The van der Waals surface area contributed by atoms with Gasteiger partial charge in [0.2, 0.25) is 5.95 Å². The predicted octanol–water partition coefficient (Wildman–Crippen LogP) is 2.71. The second-order valence-electron chi connectivity index (χ2n) is 4.46. The highest BCUT2D eigenvalue weighted by Gasteiger charge is 2.07. The van der Waals surface area contributed by atoms with Gasteiger partial charge in [-0.15, -0.1) is 0 Å². The average Bonchev–Trinajstić information content (AvgIpc) is 2.49. The van der Waals surface area contributed by atoms with E-state index in [0.717, 1.165) is 11.1 Å². The van der Waals surface area contributed by atoms with Crippen LogP contribution in [0.2, 0.25) is 0 Å². The third-order valence-electron chi connectivity index (χ3n) is 2.94. The van der Waals surface area contributed by atoms with E-state index in [0.29, 0.717) is 18.1 Å². The molecule has 98 valence electrons. The van der Waals surface area contributed by atoms with Gasteiger partial charge in [0.25, 0.3) is 0 Å². The highest BCUT2D eigenvalue weighted by Crippen LogP contribution is 2.16. The molecule has 1 aromatic heterocycles. The maximum absolute atomic E-state index is 5.79. The molecule has 0 aliphatic heterocycles. The summed E-state index contributed by atoms with van der Waals surface area (Å²) in [7, 11) is 0. The van der Waals surface area contributed by atoms with E-state index in [1.807, 2.05) is 60.7 Å². The Kier molecular flexibility index (Phi) is 3.37. The Morgan fingerprint density at radius 2 is 1.40 bits per heavy atom. The fraction of sp³-hybridized carbons (Fsp3) is 0.0625. The van der Waals surface area contributed by atoms with E-state index < -0.39 is 0 Å². The summed E-state index contributed by atoms with van der Waals surface area (Å²) in [5.74, 6) is 1.55. The van der Waals surface area contributed by atoms with Crippen LogP contribution >= 0.6 is 0 Å². The van der Waals surface area contributed by atoms with Crippen LogP contribution in [0.5, 0.6) is 0 Å². The van der Waals surface area contributed by atoms with Crippen molar-refractivity contribution in [2.75, 3.05) is 5.73 Å². The summed E-state index contributed by atoms with van der Waals surface area (Å²) in [5.41, 5.74) is 7.88. The van der Waals surface area contributed by atoms with Gasteiger partial charge in [-0.1, -0.05) is 60.7 Å². The fourth-order valence-electron chi connectivity index (χ4n) is 2.01. The lowest BCUT2D eigenvalue weighted by Gasteiger charge is -2.05. The molecule has 2 aromatic carbocycles. The summed E-state index contributed by atoms with van der Waals surface area (Å²) < 4.78 is 0. The van der Waals surface area contributed by atoms with Gasteiger partial charge in [-0.3, -0.25) is 0 Å². The Labute approximate surface area is 117 Å². The Morgan fingerprint density at radius 3 is 2.10 bits per heavy atom. The van der Waals surface area contributed by atoms with Crippen molar-refractivity contribution in [2.24, 2.45) is 0 Å². The molecule has 3 rings (SSSR count). The second kappa shape index (κ2) is 5.48. The summed E-state index contributed by atoms with van der Waals surface area (Å²) in [6, 6.07) is 19.8. The van der Waals surface area contributed by atoms with Gasteiger partial charge in [-0.25, -0.2) is 4.98 Å². The Hall–Kier alpha value is -2.75. The van der Waals surface area contributed by atoms with Crippen molar-refractivity contribution >= 4 is 5.95 Å². The van der Waals surface area contributed by atoms with Gasteiger partial charge in [-0.05, 0) is 5.56 Å². The van der Waals surface area contributed by atoms with E-state index in [4.69, 9.17) is 5.73 Å². The Balaban J connectivity index is 1.95. The molecular weight excluding hydrogens is 248 g/mol. The van der Waals surface area contributed by atoms with Gasteiger partial charge >= 0.3 is 0 Å². The van der Waals surface area contributed by atoms with Crippen molar-refractivity contribution in [2.45, 2.75) is 6.42 Å². The van der Waals surface area contributed by atoms with Crippen LogP contribution in [0, 0.1) is 0 Å². The molecule has 0 aliphatic rings. The molecule has 0 fully saturated rings. The summed E-state index contributed by atoms with van der Waals surface area (Å²) in [5, 5.41) is 0. The molecule has 4 nitrogen and oxygen atoms in total. The third kappa shape index (κ3) is 2.80. The molecule has 0 amide bonds. The van der Waals surface area contributed by atoms with Gasteiger partial charge in [0, 0.05) is 12.0 Å². The zero-order valence-electron chi connectivity index (χ0n) is 10.9. The SMILES string of the molecule is Nc1nc(Cc2ccccc2)nc(-c2ccccc2)n1. The molecule has 0 saturated carbocycles. The van der Waals surface area contributed by atoms with E-state index in [2.05, 4.69) is 15.0 Å². The highest BCUT2D eigenvalue weighted by atomic mass is 15.1. The van der Waals surface area contributed by atoms with E-state index in [1.165, 1.54) is 0 Å². The van der Waals surface area contributed by atoms with E-state index in [9.17, 15) is 0 Å². The average molecular weight is 262 g/mol. The number of hydrogen-bond donors (Lipinski definition) is 1. The van der Waals surface area contributed by atoms with Crippen molar-refractivity contribution < 1.29 is 0 Å².